The van der Waals surface area contributed by atoms with Crippen molar-refractivity contribution in [3.63, 3.8) is 0 Å². The van der Waals surface area contributed by atoms with E-state index in [1.165, 1.54) is 51.6 Å². The molecule has 0 aliphatic heterocycles. The van der Waals surface area contributed by atoms with Crippen molar-refractivity contribution in [2.24, 2.45) is 11.8 Å². The summed E-state index contributed by atoms with van der Waals surface area (Å²) in [7, 11) is 0. The highest BCUT2D eigenvalue weighted by molar-refractivity contribution is 4.63. The fourth-order valence-electron chi connectivity index (χ4n) is 2.07. The predicted octanol–water partition coefficient (Wildman–Crippen LogP) is 4.23. The second-order valence-corrected chi connectivity index (χ2v) is 4.97. The molecule has 0 aliphatic rings. The summed E-state index contributed by atoms with van der Waals surface area (Å²) in [5, 5.41) is 3.63. The summed E-state index contributed by atoms with van der Waals surface area (Å²) < 4.78 is 0. The Morgan fingerprint density at radius 3 is 2.20 bits per heavy atom. The van der Waals surface area contributed by atoms with Gasteiger partial charge in [-0.15, -0.1) is 0 Å². The second-order valence-electron chi connectivity index (χ2n) is 4.97. The van der Waals surface area contributed by atoms with E-state index in [0.29, 0.717) is 0 Å². The summed E-state index contributed by atoms with van der Waals surface area (Å²) in [6.45, 7) is 11.7. The highest BCUT2D eigenvalue weighted by Gasteiger charge is 2.06. The van der Waals surface area contributed by atoms with Gasteiger partial charge in [-0.05, 0) is 37.8 Å². The Labute approximate surface area is 97.0 Å². The molecule has 92 valence electrons. The van der Waals surface area contributed by atoms with E-state index in [0.717, 1.165) is 11.8 Å². The van der Waals surface area contributed by atoms with Gasteiger partial charge in [-0.1, -0.05) is 53.4 Å². The molecule has 2 atom stereocenters. The maximum absolute atomic E-state index is 3.63. The van der Waals surface area contributed by atoms with Crippen LogP contribution in [0.5, 0.6) is 0 Å². The van der Waals surface area contributed by atoms with E-state index < -0.39 is 0 Å². The van der Waals surface area contributed by atoms with E-state index in [2.05, 4.69) is 33.0 Å². The van der Waals surface area contributed by atoms with Gasteiger partial charge >= 0.3 is 0 Å². The first-order valence-corrected chi connectivity index (χ1v) is 6.95. The Kier molecular flexibility index (Phi) is 10.4. The molecule has 1 N–H and O–H groups in total. The Bertz CT molecular complexity index is 123. The average molecular weight is 213 g/mol. The first-order valence-electron chi connectivity index (χ1n) is 6.95. The lowest BCUT2D eigenvalue weighted by Gasteiger charge is -2.17. The molecule has 0 aromatic carbocycles. The molecular weight excluding hydrogens is 182 g/mol. The molecule has 0 saturated carbocycles. The molecule has 2 unspecified atom stereocenters. The van der Waals surface area contributed by atoms with Crippen LogP contribution in [0.4, 0.5) is 0 Å². The minimum atomic E-state index is 0.846. The third kappa shape index (κ3) is 8.92. The topological polar surface area (TPSA) is 12.0 Å². The van der Waals surface area contributed by atoms with Crippen molar-refractivity contribution in [2.45, 2.75) is 66.2 Å². The van der Waals surface area contributed by atoms with Crippen LogP contribution in [0.2, 0.25) is 0 Å². The van der Waals surface area contributed by atoms with Crippen LogP contribution >= 0.6 is 0 Å². The van der Waals surface area contributed by atoms with E-state index in [1.54, 1.807) is 0 Å². The molecule has 0 spiro atoms. The lowest BCUT2D eigenvalue weighted by Crippen LogP contribution is -2.27. The van der Waals surface area contributed by atoms with Gasteiger partial charge < -0.3 is 5.32 Å². The molecule has 0 aromatic rings. The van der Waals surface area contributed by atoms with Crippen LogP contribution in [0.1, 0.15) is 66.2 Å². The Balaban J connectivity index is 3.44. The molecule has 0 amide bonds. The fraction of sp³-hybridized carbons (Fsp3) is 1.00. The van der Waals surface area contributed by atoms with Crippen molar-refractivity contribution >= 4 is 0 Å². The molecule has 1 heteroatoms. The zero-order valence-electron chi connectivity index (χ0n) is 11.3. The molecule has 0 radical (unpaired) electrons. The third-order valence-electron chi connectivity index (χ3n) is 3.25. The van der Waals surface area contributed by atoms with Gasteiger partial charge in [-0.3, -0.25) is 0 Å². The van der Waals surface area contributed by atoms with E-state index in [4.69, 9.17) is 0 Å². The van der Waals surface area contributed by atoms with Gasteiger partial charge in [-0.25, -0.2) is 0 Å². The average Bonchev–Trinajstić information content (AvgIpc) is 2.23. The van der Waals surface area contributed by atoms with E-state index >= 15 is 0 Å². The standard InChI is InChI=1S/C14H31N/c1-5-8-10-14(7-3)12-15-11-13(4)9-6-2/h13-15H,5-12H2,1-4H3. The van der Waals surface area contributed by atoms with E-state index in [1.807, 2.05) is 0 Å². The monoisotopic (exact) mass is 213 g/mol. The largest absolute Gasteiger partial charge is 0.316 e. The van der Waals surface area contributed by atoms with Crippen LogP contribution in [0, 0.1) is 11.8 Å². The van der Waals surface area contributed by atoms with Gasteiger partial charge in [0.1, 0.15) is 0 Å². The maximum atomic E-state index is 3.63. The molecule has 0 bridgehead atoms. The lowest BCUT2D eigenvalue weighted by atomic mass is 9.99. The van der Waals surface area contributed by atoms with Gasteiger partial charge in [0.2, 0.25) is 0 Å². The summed E-state index contributed by atoms with van der Waals surface area (Å²) in [6.07, 6.45) is 8.14. The molecule has 0 heterocycles. The van der Waals surface area contributed by atoms with E-state index in [9.17, 15) is 0 Å². The third-order valence-corrected chi connectivity index (χ3v) is 3.25. The van der Waals surface area contributed by atoms with Crippen molar-refractivity contribution in [1.29, 1.82) is 0 Å². The minimum absolute atomic E-state index is 0.846. The molecule has 1 nitrogen and oxygen atoms in total. The summed E-state index contributed by atoms with van der Waals surface area (Å²) >= 11 is 0. The molecule has 0 aliphatic carbocycles. The summed E-state index contributed by atoms with van der Waals surface area (Å²) in [5.74, 6) is 1.75. The lowest BCUT2D eigenvalue weighted by molar-refractivity contribution is 0.392. The molecule has 0 saturated heterocycles. The quantitative estimate of drug-likeness (QED) is 0.572. The van der Waals surface area contributed by atoms with Crippen molar-refractivity contribution in [3.8, 4) is 0 Å². The highest BCUT2D eigenvalue weighted by Crippen LogP contribution is 2.11. The van der Waals surface area contributed by atoms with Crippen LogP contribution < -0.4 is 5.32 Å². The summed E-state index contributed by atoms with van der Waals surface area (Å²) in [5.41, 5.74) is 0. The van der Waals surface area contributed by atoms with Crippen LogP contribution in [0.25, 0.3) is 0 Å². The minimum Gasteiger partial charge on any atom is -0.316 e. The fourth-order valence-corrected chi connectivity index (χ4v) is 2.07. The normalized spacial score (nSPS) is 15.2. The summed E-state index contributed by atoms with van der Waals surface area (Å²) in [6, 6.07) is 0. The Hall–Kier alpha value is -0.0400. The first-order chi connectivity index (χ1) is 7.24. The maximum Gasteiger partial charge on any atom is -0.00205 e. The van der Waals surface area contributed by atoms with Crippen LogP contribution in [0.3, 0.4) is 0 Å². The number of rotatable bonds is 10. The van der Waals surface area contributed by atoms with Crippen LogP contribution in [0.15, 0.2) is 0 Å². The highest BCUT2D eigenvalue weighted by atomic mass is 14.9. The van der Waals surface area contributed by atoms with Gasteiger partial charge in [0, 0.05) is 0 Å². The zero-order valence-corrected chi connectivity index (χ0v) is 11.3. The van der Waals surface area contributed by atoms with Crippen molar-refractivity contribution in [2.75, 3.05) is 13.1 Å². The van der Waals surface area contributed by atoms with Gasteiger partial charge in [-0.2, -0.15) is 0 Å². The van der Waals surface area contributed by atoms with Crippen molar-refractivity contribution in [1.82, 2.24) is 5.32 Å². The van der Waals surface area contributed by atoms with Crippen molar-refractivity contribution < 1.29 is 0 Å². The van der Waals surface area contributed by atoms with Gasteiger partial charge in [0.15, 0.2) is 0 Å². The Morgan fingerprint density at radius 2 is 1.67 bits per heavy atom. The molecule has 0 aromatic heterocycles. The van der Waals surface area contributed by atoms with Gasteiger partial charge in [0.05, 0.1) is 0 Å². The van der Waals surface area contributed by atoms with Crippen LogP contribution in [-0.2, 0) is 0 Å². The first kappa shape index (κ1) is 15.0. The molecule has 15 heavy (non-hydrogen) atoms. The number of hydrogen-bond acceptors (Lipinski definition) is 1. The second kappa shape index (κ2) is 10.5. The van der Waals surface area contributed by atoms with Gasteiger partial charge in [0.25, 0.3) is 0 Å². The number of nitrogens with one attached hydrogen (secondary N) is 1. The summed E-state index contributed by atoms with van der Waals surface area (Å²) in [4.78, 5) is 0. The molecule has 0 rings (SSSR count). The molecule has 0 fully saturated rings. The predicted molar refractivity (Wildman–Crippen MR) is 70.2 cm³/mol. The smallest absolute Gasteiger partial charge is 0.00205 e. The van der Waals surface area contributed by atoms with Crippen molar-refractivity contribution in [3.05, 3.63) is 0 Å². The number of unbranched alkanes of at least 4 members (excludes halogenated alkanes) is 1. The molecular formula is C14H31N. The zero-order chi connectivity index (χ0) is 11.5. The Morgan fingerprint density at radius 1 is 0.933 bits per heavy atom. The van der Waals surface area contributed by atoms with Crippen LogP contribution in [-0.4, -0.2) is 13.1 Å². The SMILES string of the molecule is CCCCC(CC)CNCC(C)CCC. The number of hydrogen-bond donors (Lipinski definition) is 1. The van der Waals surface area contributed by atoms with E-state index in [-0.39, 0.29) is 0 Å².